The predicted molar refractivity (Wildman–Crippen MR) is 94.0 cm³/mol. The lowest BCUT2D eigenvalue weighted by Gasteiger charge is -2.15. The number of halogens is 2. The highest BCUT2D eigenvalue weighted by Crippen LogP contribution is 2.16. The fourth-order valence-corrected chi connectivity index (χ4v) is 3.04. The molecule has 130 valence electrons. The molecule has 0 aliphatic heterocycles. The largest absolute Gasteiger partial charge is 0.772 e. The molecule has 6 nitrogen and oxygen atoms in total. The van der Waals surface area contributed by atoms with E-state index in [1.165, 1.54) is 16.8 Å². The number of nitrogens with two attached hydrogens (primary N) is 1. The zero-order valence-electron chi connectivity index (χ0n) is 12.7. The number of nitrogens with one attached hydrogen (secondary N) is 1. The molecule has 0 spiro atoms. The number of hydrogen-bond acceptors (Lipinski definition) is 4. The number of carbonyl (C=O) groups is 1. The van der Waals surface area contributed by atoms with E-state index in [0.29, 0.717) is 5.56 Å². The number of aryl methyl sites for hydroxylation is 1. The summed E-state index contributed by atoms with van der Waals surface area (Å²) in [5, 5.41) is 8.34. The maximum absolute atomic E-state index is 11.4. The number of benzene rings is 1. The second kappa shape index (κ2) is 8.43. The minimum Gasteiger partial charge on any atom is -0.772 e. The first-order valence-electron chi connectivity index (χ1n) is 6.66. The van der Waals surface area contributed by atoms with E-state index < -0.39 is 17.0 Å². The Kier molecular flexibility index (Phi) is 7.16. The topological polar surface area (TPSA) is 112 Å². The molecule has 3 N–H and O–H groups in total. The molecule has 0 aliphatic carbocycles. The molecule has 24 heavy (non-hydrogen) atoms. The number of pyridine rings is 1. The van der Waals surface area contributed by atoms with E-state index in [2.05, 4.69) is 0 Å². The van der Waals surface area contributed by atoms with Crippen molar-refractivity contribution >= 4 is 41.0 Å². The van der Waals surface area contributed by atoms with Gasteiger partial charge in [-0.05, 0) is 24.1 Å². The first kappa shape index (κ1) is 20.4. The quantitative estimate of drug-likeness (QED) is 0.762. The number of amides is 1. The molecular weight excluding hydrogens is 373 g/mol. The van der Waals surface area contributed by atoms with E-state index in [9.17, 15) is 13.6 Å². The molecule has 0 aliphatic rings. The smallest absolute Gasteiger partial charge is 0.252 e. The summed E-state index contributed by atoms with van der Waals surface area (Å²) in [4.78, 5) is 11.4. The highest BCUT2D eigenvalue weighted by molar-refractivity contribution is 7.78. The Morgan fingerprint density at radius 1 is 1.38 bits per heavy atom. The SMILES string of the molecule is Cc1ccc(CS(=O)[O-])c(Cn2cc(Cl)cc(C(N)=O)c2=N)c1.Cl. The molecule has 1 heterocycles. The molecule has 1 atom stereocenters. The van der Waals surface area contributed by atoms with Gasteiger partial charge < -0.3 is 14.9 Å². The molecule has 0 radical (unpaired) electrons. The molecular formula is C15H16Cl2N3O3S-. The maximum atomic E-state index is 11.4. The number of carbonyl (C=O) groups excluding carboxylic acids is 1. The molecule has 1 aromatic heterocycles. The number of primary amides is 1. The Morgan fingerprint density at radius 3 is 2.62 bits per heavy atom. The van der Waals surface area contributed by atoms with Crippen LogP contribution in [-0.4, -0.2) is 19.2 Å². The van der Waals surface area contributed by atoms with Crippen molar-refractivity contribution in [2.45, 2.75) is 19.2 Å². The average molecular weight is 389 g/mol. The van der Waals surface area contributed by atoms with Gasteiger partial charge in [0, 0.05) is 18.5 Å². The van der Waals surface area contributed by atoms with Crippen LogP contribution in [0.2, 0.25) is 5.02 Å². The molecule has 0 fully saturated rings. The maximum Gasteiger partial charge on any atom is 0.252 e. The minimum atomic E-state index is -2.22. The van der Waals surface area contributed by atoms with Crippen LogP contribution < -0.4 is 11.2 Å². The summed E-state index contributed by atoms with van der Waals surface area (Å²) in [5.74, 6) is -0.858. The van der Waals surface area contributed by atoms with E-state index >= 15 is 0 Å². The van der Waals surface area contributed by atoms with Gasteiger partial charge in [-0.1, -0.05) is 46.4 Å². The Morgan fingerprint density at radius 2 is 2.04 bits per heavy atom. The Hall–Kier alpha value is -1.67. The average Bonchev–Trinajstić information content (AvgIpc) is 2.44. The summed E-state index contributed by atoms with van der Waals surface area (Å²) in [6, 6.07) is 6.75. The van der Waals surface area contributed by atoms with Crippen molar-refractivity contribution in [2.24, 2.45) is 5.73 Å². The summed E-state index contributed by atoms with van der Waals surface area (Å²) >= 11 is 3.76. The van der Waals surface area contributed by atoms with Crippen LogP contribution in [-0.2, 0) is 23.4 Å². The van der Waals surface area contributed by atoms with Crippen molar-refractivity contribution in [1.82, 2.24) is 4.57 Å². The minimum absolute atomic E-state index is 0. The lowest BCUT2D eigenvalue weighted by Crippen LogP contribution is -2.30. The van der Waals surface area contributed by atoms with E-state index in [0.717, 1.165) is 11.1 Å². The van der Waals surface area contributed by atoms with Crippen LogP contribution >= 0.6 is 24.0 Å². The predicted octanol–water partition coefficient (Wildman–Crippen LogP) is 1.88. The monoisotopic (exact) mass is 388 g/mol. The highest BCUT2D eigenvalue weighted by atomic mass is 35.5. The van der Waals surface area contributed by atoms with Gasteiger partial charge in [0.2, 0.25) is 0 Å². The molecule has 0 bridgehead atoms. The van der Waals surface area contributed by atoms with Crippen LogP contribution in [0, 0.1) is 12.3 Å². The standard InChI is InChI=1S/C15H16ClN3O3S.ClH/c1-9-2-3-10(8-23(21)22)11(4-9)6-19-7-12(16)5-13(14(19)17)15(18)20;/h2-5,7,17H,6,8H2,1H3,(H2,18,20)(H,21,22);1H/p-1. The van der Waals surface area contributed by atoms with Crippen molar-refractivity contribution in [3.05, 3.63) is 63.2 Å². The molecule has 2 rings (SSSR count). The third-order valence-corrected chi connectivity index (χ3v) is 4.10. The van der Waals surface area contributed by atoms with Crippen molar-refractivity contribution < 1.29 is 13.6 Å². The highest BCUT2D eigenvalue weighted by Gasteiger charge is 2.10. The zero-order valence-corrected chi connectivity index (χ0v) is 15.1. The van der Waals surface area contributed by atoms with Gasteiger partial charge in [0.15, 0.2) is 0 Å². The van der Waals surface area contributed by atoms with E-state index in [4.69, 9.17) is 22.7 Å². The van der Waals surface area contributed by atoms with Crippen LogP contribution in [0.1, 0.15) is 27.0 Å². The molecule has 1 unspecified atom stereocenters. The first-order chi connectivity index (χ1) is 10.8. The van der Waals surface area contributed by atoms with Crippen LogP contribution in [0.5, 0.6) is 0 Å². The Balaban J connectivity index is 0.00000288. The van der Waals surface area contributed by atoms with E-state index in [-0.39, 0.29) is 40.8 Å². The zero-order chi connectivity index (χ0) is 17.1. The van der Waals surface area contributed by atoms with Gasteiger partial charge in [-0.2, -0.15) is 0 Å². The lowest BCUT2D eigenvalue weighted by atomic mass is 10.1. The number of nitrogens with zero attached hydrogens (tertiary/aromatic N) is 1. The second-order valence-electron chi connectivity index (χ2n) is 5.13. The van der Waals surface area contributed by atoms with Crippen molar-refractivity contribution in [1.29, 1.82) is 5.41 Å². The van der Waals surface area contributed by atoms with Gasteiger partial charge in [0.1, 0.15) is 5.49 Å². The molecule has 1 amide bonds. The normalized spacial score (nSPS) is 11.6. The van der Waals surface area contributed by atoms with Gasteiger partial charge in [-0.15, -0.1) is 12.4 Å². The van der Waals surface area contributed by atoms with Crippen LogP contribution in [0.4, 0.5) is 0 Å². The van der Waals surface area contributed by atoms with E-state index in [1.807, 2.05) is 19.1 Å². The lowest BCUT2D eigenvalue weighted by molar-refractivity contribution is 0.0997. The summed E-state index contributed by atoms with van der Waals surface area (Å²) in [5.41, 5.74) is 7.53. The summed E-state index contributed by atoms with van der Waals surface area (Å²) in [7, 11) is 0. The van der Waals surface area contributed by atoms with Gasteiger partial charge in [0.25, 0.3) is 5.91 Å². The Labute approximate surface area is 152 Å². The molecule has 0 saturated heterocycles. The van der Waals surface area contributed by atoms with Crippen molar-refractivity contribution in [3.8, 4) is 0 Å². The molecule has 0 saturated carbocycles. The molecule has 9 heteroatoms. The summed E-state index contributed by atoms with van der Waals surface area (Å²) in [6.07, 6.45) is 1.51. The number of hydrogen-bond donors (Lipinski definition) is 2. The molecule has 1 aromatic carbocycles. The number of aromatic nitrogens is 1. The van der Waals surface area contributed by atoms with Gasteiger partial charge in [0.05, 0.1) is 10.6 Å². The van der Waals surface area contributed by atoms with Crippen LogP contribution in [0.15, 0.2) is 30.5 Å². The summed E-state index contributed by atoms with van der Waals surface area (Å²) in [6.45, 7) is 2.11. The first-order valence-corrected chi connectivity index (χ1v) is 8.28. The van der Waals surface area contributed by atoms with Crippen molar-refractivity contribution in [2.75, 3.05) is 0 Å². The fourth-order valence-electron chi connectivity index (χ4n) is 2.28. The second-order valence-corrected chi connectivity index (χ2v) is 6.47. The van der Waals surface area contributed by atoms with Gasteiger partial charge in [-0.3, -0.25) is 14.4 Å². The van der Waals surface area contributed by atoms with Crippen LogP contribution in [0.3, 0.4) is 0 Å². The number of rotatable bonds is 5. The Bertz CT molecular complexity index is 852. The van der Waals surface area contributed by atoms with Crippen molar-refractivity contribution in [3.63, 3.8) is 0 Å². The van der Waals surface area contributed by atoms with Crippen LogP contribution in [0.25, 0.3) is 0 Å². The van der Waals surface area contributed by atoms with Gasteiger partial charge >= 0.3 is 0 Å². The third kappa shape index (κ3) is 4.91. The van der Waals surface area contributed by atoms with E-state index in [1.54, 1.807) is 6.07 Å². The summed E-state index contributed by atoms with van der Waals surface area (Å²) < 4.78 is 23.5. The molecule has 2 aromatic rings. The van der Waals surface area contributed by atoms with Gasteiger partial charge in [-0.25, -0.2) is 0 Å². The fraction of sp³-hybridized carbons (Fsp3) is 0.200. The third-order valence-electron chi connectivity index (χ3n) is 3.34.